The molecule has 6 nitrogen and oxygen atoms in total. The molecule has 2 aromatic rings. The Bertz CT molecular complexity index is 953. The van der Waals surface area contributed by atoms with Gasteiger partial charge in [0.2, 0.25) is 10.0 Å². The van der Waals surface area contributed by atoms with Crippen molar-refractivity contribution in [1.29, 1.82) is 0 Å². The predicted octanol–water partition coefficient (Wildman–Crippen LogP) is 4.04. The van der Waals surface area contributed by atoms with Gasteiger partial charge in [0, 0.05) is 18.8 Å². The van der Waals surface area contributed by atoms with Gasteiger partial charge in [-0.3, -0.25) is 4.79 Å². The summed E-state index contributed by atoms with van der Waals surface area (Å²) in [5.41, 5.74) is 0.147. The van der Waals surface area contributed by atoms with Crippen LogP contribution in [0.3, 0.4) is 0 Å². The normalized spacial score (nSPS) is 15.5. The van der Waals surface area contributed by atoms with Gasteiger partial charge in [-0.2, -0.15) is 4.31 Å². The Labute approximate surface area is 170 Å². The minimum absolute atomic E-state index is 0.0716. The van der Waals surface area contributed by atoms with Crippen molar-refractivity contribution in [3.05, 3.63) is 53.8 Å². The lowest BCUT2D eigenvalue weighted by Gasteiger charge is -2.20. The van der Waals surface area contributed by atoms with Crippen molar-refractivity contribution < 1.29 is 22.3 Å². The van der Waals surface area contributed by atoms with Gasteiger partial charge in [0.1, 0.15) is 11.6 Å². The maximum Gasteiger partial charge on any atom is 0.258 e. The molecule has 0 spiro atoms. The molecule has 0 bridgehead atoms. The molecule has 29 heavy (non-hydrogen) atoms. The van der Waals surface area contributed by atoms with Crippen LogP contribution < -0.4 is 10.1 Å². The van der Waals surface area contributed by atoms with E-state index in [0.717, 1.165) is 37.8 Å². The molecule has 3 rings (SSSR count). The first-order valence-electron chi connectivity index (χ1n) is 9.75. The van der Waals surface area contributed by atoms with Crippen LogP contribution >= 0.6 is 0 Å². The van der Waals surface area contributed by atoms with Gasteiger partial charge in [0.15, 0.2) is 0 Å². The van der Waals surface area contributed by atoms with E-state index in [0.29, 0.717) is 31.1 Å². The molecule has 1 heterocycles. The molecule has 0 radical (unpaired) electrons. The number of anilines is 1. The van der Waals surface area contributed by atoms with Crippen molar-refractivity contribution in [2.24, 2.45) is 0 Å². The van der Waals surface area contributed by atoms with Crippen molar-refractivity contribution in [1.82, 2.24) is 4.31 Å². The first-order valence-corrected chi connectivity index (χ1v) is 11.2. The molecule has 2 aromatic carbocycles. The topological polar surface area (TPSA) is 75.7 Å². The van der Waals surface area contributed by atoms with Gasteiger partial charge in [-0.1, -0.05) is 12.8 Å². The predicted molar refractivity (Wildman–Crippen MR) is 109 cm³/mol. The van der Waals surface area contributed by atoms with Crippen LogP contribution in [0.4, 0.5) is 10.1 Å². The van der Waals surface area contributed by atoms with E-state index in [9.17, 15) is 17.6 Å². The number of hydrogen-bond acceptors (Lipinski definition) is 4. The zero-order valence-electron chi connectivity index (χ0n) is 16.4. The third kappa shape index (κ3) is 5.13. The summed E-state index contributed by atoms with van der Waals surface area (Å²) in [6, 6.07) is 10.0. The third-order valence-electron chi connectivity index (χ3n) is 4.81. The third-order valence-corrected chi connectivity index (χ3v) is 6.70. The molecule has 1 aliphatic rings. The van der Waals surface area contributed by atoms with E-state index in [1.54, 1.807) is 24.3 Å². The highest BCUT2D eigenvalue weighted by molar-refractivity contribution is 7.89. The Morgan fingerprint density at radius 3 is 2.34 bits per heavy atom. The Hall–Kier alpha value is -2.45. The summed E-state index contributed by atoms with van der Waals surface area (Å²) in [6.07, 6.45) is 3.58. The van der Waals surface area contributed by atoms with Crippen LogP contribution in [-0.4, -0.2) is 38.3 Å². The fraction of sp³-hybridized carbons (Fsp3) is 0.381. The Morgan fingerprint density at radius 1 is 1.07 bits per heavy atom. The van der Waals surface area contributed by atoms with Crippen molar-refractivity contribution in [2.75, 3.05) is 25.0 Å². The molecule has 0 saturated carbocycles. The molecule has 1 aliphatic heterocycles. The molecule has 0 atom stereocenters. The number of benzene rings is 2. The van der Waals surface area contributed by atoms with Crippen molar-refractivity contribution >= 4 is 21.6 Å². The quantitative estimate of drug-likeness (QED) is 0.765. The maximum atomic E-state index is 14.3. The highest BCUT2D eigenvalue weighted by Gasteiger charge is 2.27. The van der Waals surface area contributed by atoms with Crippen LogP contribution in [0.2, 0.25) is 0 Å². The lowest BCUT2D eigenvalue weighted by Crippen LogP contribution is -2.32. The highest BCUT2D eigenvalue weighted by Crippen LogP contribution is 2.23. The molecule has 1 amide bonds. The average Bonchev–Trinajstić information content (AvgIpc) is 3.00. The zero-order valence-corrected chi connectivity index (χ0v) is 17.2. The first-order chi connectivity index (χ1) is 13.9. The van der Waals surface area contributed by atoms with Crippen LogP contribution in [-0.2, 0) is 10.0 Å². The van der Waals surface area contributed by atoms with Gasteiger partial charge in [-0.25, -0.2) is 12.8 Å². The molecule has 1 N–H and O–H groups in total. The van der Waals surface area contributed by atoms with Crippen LogP contribution in [0.25, 0.3) is 0 Å². The molecule has 0 aliphatic carbocycles. The fourth-order valence-electron chi connectivity index (χ4n) is 3.27. The minimum atomic E-state index is -3.77. The van der Waals surface area contributed by atoms with E-state index in [1.807, 2.05) is 6.92 Å². The van der Waals surface area contributed by atoms with Gasteiger partial charge in [0.05, 0.1) is 17.1 Å². The van der Waals surface area contributed by atoms with Gasteiger partial charge < -0.3 is 10.1 Å². The van der Waals surface area contributed by atoms with E-state index in [4.69, 9.17) is 4.74 Å². The summed E-state index contributed by atoms with van der Waals surface area (Å²) in [5.74, 6) is -0.829. The largest absolute Gasteiger partial charge is 0.494 e. The summed E-state index contributed by atoms with van der Waals surface area (Å²) in [4.78, 5) is 12.5. The lowest BCUT2D eigenvalue weighted by atomic mass is 10.2. The molecule has 0 aromatic heterocycles. The molecule has 1 saturated heterocycles. The number of carbonyl (C=O) groups excluding carboxylic acids is 1. The van der Waals surface area contributed by atoms with E-state index in [1.165, 1.54) is 10.4 Å². The summed E-state index contributed by atoms with van der Waals surface area (Å²) in [6.45, 7) is 3.27. The van der Waals surface area contributed by atoms with Crippen LogP contribution in [0.1, 0.15) is 43.0 Å². The van der Waals surface area contributed by atoms with Crippen molar-refractivity contribution in [2.45, 2.75) is 37.5 Å². The standard InChI is InChI=1S/C21H25FN2O4S/c1-2-28-17-9-7-16(8-10-17)23-21(25)19-15-18(11-12-20(19)22)29(26,27)24-13-5-3-4-6-14-24/h7-12,15H,2-6,13-14H2,1H3,(H,23,25). The Kier molecular flexibility index (Phi) is 6.87. The molecular weight excluding hydrogens is 395 g/mol. The summed E-state index contributed by atoms with van der Waals surface area (Å²) in [7, 11) is -3.77. The summed E-state index contributed by atoms with van der Waals surface area (Å²) < 4.78 is 46.9. The summed E-state index contributed by atoms with van der Waals surface area (Å²) >= 11 is 0. The minimum Gasteiger partial charge on any atom is -0.494 e. The number of sulfonamides is 1. The van der Waals surface area contributed by atoms with Gasteiger partial charge in [0.25, 0.3) is 5.91 Å². The second kappa shape index (κ2) is 9.37. The molecule has 156 valence electrons. The van der Waals surface area contributed by atoms with Crippen LogP contribution in [0.15, 0.2) is 47.4 Å². The number of rotatable bonds is 6. The Morgan fingerprint density at radius 2 is 1.72 bits per heavy atom. The van der Waals surface area contributed by atoms with E-state index >= 15 is 0 Å². The number of amides is 1. The Balaban J connectivity index is 1.81. The molecule has 1 fully saturated rings. The number of carbonyl (C=O) groups is 1. The van der Waals surface area contributed by atoms with Crippen molar-refractivity contribution in [3.8, 4) is 5.75 Å². The average molecular weight is 421 g/mol. The smallest absolute Gasteiger partial charge is 0.258 e. The summed E-state index contributed by atoms with van der Waals surface area (Å²) in [5, 5.41) is 2.59. The number of nitrogens with zero attached hydrogens (tertiary/aromatic N) is 1. The number of hydrogen-bond donors (Lipinski definition) is 1. The SMILES string of the molecule is CCOc1ccc(NC(=O)c2cc(S(=O)(=O)N3CCCCCC3)ccc2F)cc1. The fourth-order valence-corrected chi connectivity index (χ4v) is 4.81. The van der Waals surface area contributed by atoms with Crippen LogP contribution in [0.5, 0.6) is 5.75 Å². The molecule has 8 heteroatoms. The second-order valence-electron chi connectivity index (χ2n) is 6.87. The van der Waals surface area contributed by atoms with Gasteiger partial charge in [-0.05, 0) is 62.2 Å². The van der Waals surface area contributed by atoms with E-state index in [2.05, 4.69) is 5.32 Å². The molecular formula is C21H25FN2O4S. The van der Waals surface area contributed by atoms with Crippen LogP contribution in [0, 0.1) is 5.82 Å². The number of ether oxygens (including phenoxy) is 1. The number of halogens is 1. The van der Waals surface area contributed by atoms with Gasteiger partial charge >= 0.3 is 0 Å². The van der Waals surface area contributed by atoms with E-state index in [-0.39, 0.29) is 10.5 Å². The molecule has 0 unspecified atom stereocenters. The highest BCUT2D eigenvalue weighted by atomic mass is 32.2. The van der Waals surface area contributed by atoms with Crippen molar-refractivity contribution in [3.63, 3.8) is 0 Å². The number of nitrogens with one attached hydrogen (secondary N) is 1. The zero-order chi connectivity index (χ0) is 20.9. The van der Waals surface area contributed by atoms with Gasteiger partial charge in [-0.15, -0.1) is 0 Å². The van der Waals surface area contributed by atoms with E-state index < -0.39 is 21.7 Å². The maximum absolute atomic E-state index is 14.3. The monoisotopic (exact) mass is 420 g/mol. The lowest BCUT2D eigenvalue weighted by molar-refractivity contribution is 0.102. The first kappa shape index (κ1) is 21.3. The second-order valence-corrected chi connectivity index (χ2v) is 8.81.